The molecule has 2 amide bonds. The van der Waals surface area contributed by atoms with Crippen molar-refractivity contribution in [3.63, 3.8) is 0 Å². The number of para-hydroxylation sites is 1. The maximum Gasteiger partial charge on any atom is 0.253 e. The fourth-order valence-electron chi connectivity index (χ4n) is 3.26. The minimum absolute atomic E-state index is 0.0336. The van der Waals surface area contributed by atoms with Crippen LogP contribution in [-0.4, -0.2) is 39.1 Å². The number of nitrogens with zero attached hydrogens (tertiary/aromatic N) is 1. The summed E-state index contributed by atoms with van der Waals surface area (Å²) in [7, 11) is 0. The zero-order valence-corrected chi connectivity index (χ0v) is 17.3. The highest BCUT2D eigenvalue weighted by molar-refractivity contribution is 6.05. The Morgan fingerprint density at radius 2 is 1.79 bits per heavy atom. The molecule has 0 saturated heterocycles. The van der Waals surface area contributed by atoms with Gasteiger partial charge in [-0.1, -0.05) is 24.3 Å². The number of hydrogen-bond donors (Lipinski definition) is 5. The van der Waals surface area contributed by atoms with Crippen molar-refractivity contribution in [1.82, 2.24) is 4.98 Å². The van der Waals surface area contributed by atoms with Gasteiger partial charge in [-0.05, 0) is 48.7 Å². The van der Waals surface area contributed by atoms with Crippen LogP contribution < -0.4 is 21.9 Å². The van der Waals surface area contributed by atoms with Crippen LogP contribution in [0.15, 0.2) is 54.6 Å². The number of aliphatic carboxylic acids is 1. The molecule has 0 fully saturated rings. The summed E-state index contributed by atoms with van der Waals surface area (Å²) >= 11 is 0. The smallest absolute Gasteiger partial charge is 0.253 e. The Kier molecular flexibility index (Phi) is 6.89. The Bertz CT molecular complexity index is 1230. The van der Waals surface area contributed by atoms with E-state index in [0.29, 0.717) is 22.4 Å². The molecule has 7 N–H and O–H groups in total. The Balaban J connectivity index is 2.00. The molecular weight excluding hydrogens is 428 g/mol. The van der Waals surface area contributed by atoms with Gasteiger partial charge in [0.15, 0.2) is 0 Å². The molecule has 3 aromatic rings. The number of aliphatic hydroxyl groups is 1. The number of aromatic nitrogens is 1. The first-order chi connectivity index (χ1) is 15.7. The number of aromatic hydroxyl groups is 1. The quantitative estimate of drug-likeness (QED) is 0.330. The monoisotopic (exact) mass is 449 g/mol. The lowest BCUT2D eigenvalue weighted by Gasteiger charge is -2.15. The van der Waals surface area contributed by atoms with E-state index >= 15 is 0 Å². The van der Waals surface area contributed by atoms with Gasteiger partial charge in [0.25, 0.3) is 11.8 Å². The molecule has 10 heteroatoms. The SMILES string of the molecule is NC(=O)c1c(-c2cccc(NC(=O)C(O)CCC(=O)[O-])c2)cc(-c2ccccc2O)nc1N. The molecular formula is C23H21N4O6-. The number of carbonyl (C=O) groups is 3. The topological polar surface area (TPSA) is 192 Å². The number of phenols is 1. The number of primary amides is 1. The van der Waals surface area contributed by atoms with E-state index in [-0.39, 0.29) is 29.2 Å². The van der Waals surface area contributed by atoms with Crippen LogP contribution in [0.3, 0.4) is 0 Å². The highest BCUT2D eigenvalue weighted by atomic mass is 16.4. The number of phenolic OH excluding ortho intramolecular Hbond substituents is 1. The summed E-state index contributed by atoms with van der Waals surface area (Å²) in [4.78, 5) is 39.0. The normalized spacial score (nSPS) is 11.5. The molecule has 170 valence electrons. The zero-order valence-electron chi connectivity index (χ0n) is 17.3. The number of nitrogens with one attached hydrogen (secondary N) is 1. The van der Waals surface area contributed by atoms with E-state index in [4.69, 9.17) is 11.5 Å². The van der Waals surface area contributed by atoms with Gasteiger partial charge in [0.05, 0.1) is 11.3 Å². The molecule has 1 unspecified atom stereocenters. The number of nitrogens with two attached hydrogens (primary N) is 2. The largest absolute Gasteiger partial charge is 0.550 e. The number of hydrogen-bond acceptors (Lipinski definition) is 8. The number of carboxylic acid groups (broad SMARTS) is 1. The molecule has 1 heterocycles. The maximum absolute atomic E-state index is 12.2. The molecule has 3 rings (SSSR count). The van der Waals surface area contributed by atoms with Crippen LogP contribution in [0.1, 0.15) is 23.2 Å². The number of carboxylic acids is 1. The predicted octanol–water partition coefficient (Wildman–Crippen LogP) is 0.632. The summed E-state index contributed by atoms with van der Waals surface area (Å²) < 4.78 is 0. The summed E-state index contributed by atoms with van der Waals surface area (Å²) in [5, 5.41) is 33.0. The molecule has 0 aliphatic rings. The van der Waals surface area contributed by atoms with Crippen LogP contribution in [0.2, 0.25) is 0 Å². The number of nitrogen functional groups attached to an aromatic ring is 1. The van der Waals surface area contributed by atoms with Crippen LogP contribution >= 0.6 is 0 Å². The number of amides is 2. The van der Waals surface area contributed by atoms with E-state index in [1.54, 1.807) is 42.5 Å². The van der Waals surface area contributed by atoms with Gasteiger partial charge in [-0.15, -0.1) is 0 Å². The molecule has 0 radical (unpaired) electrons. The number of pyridine rings is 1. The summed E-state index contributed by atoms with van der Waals surface area (Å²) in [6.07, 6.45) is -2.32. The van der Waals surface area contributed by atoms with Crippen molar-refractivity contribution >= 4 is 29.3 Å². The Labute approximate surface area is 188 Å². The minimum atomic E-state index is -1.54. The lowest BCUT2D eigenvalue weighted by atomic mass is 9.97. The summed E-state index contributed by atoms with van der Waals surface area (Å²) in [6.45, 7) is 0. The highest BCUT2D eigenvalue weighted by Gasteiger charge is 2.20. The van der Waals surface area contributed by atoms with Crippen molar-refractivity contribution in [3.05, 3.63) is 60.2 Å². The lowest BCUT2D eigenvalue weighted by Crippen LogP contribution is -2.30. The molecule has 33 heavy (non-hydrogen) atoms. The number of rotatable bonds is 8. The summed E-state index contributed by atoms with van der Waals surface area (Å²) in [5.41, 5.74) is 13.3. The summed E-state index contributed by atoms with van der Waals surface area (Å²) in [5.74, 6) is -3.16. The second-order valence-corrected chi connectivity index (χ2v) is 7.19. The molecule has 10 nitrogen and oxygen atoms in total. The van der Waals surface area contributed by atoms with E-state index in [0.717, 1.165) is 0 Å². The number of aliphatic hydroxyl groups excluding tert-OH is 1. The first kappa shape index (κ1) is 23.2. The fraction of sp³-hybridized carbons (Fsp3) is 0.130. The van der Waals surface area contributed by atoms with E-state index in [2.05, 4.69) is 10.3 Å². The van der Waals surface area contributed by atoms with Gasteiger partial charge in [-0.3, -0.25) is 9.59 Å². The molecule has 0 saturated carbocycles. The first-order valence-electron chi connectivity index (χ1n) is 9.85. The average Bonchev–Trinajstić information content (AvgIpc) is 2.77. The zero-order chi connectivity index (χ0) is 24.1. The molecule has 0 bridgehead atoms. The second kappa shape index (κ2) is 9.79. The maximum atomic E-state index is 12.2. The van der Waals surface area contributed by atoms with Gasteiger partial charge < -0.3 is 36.9 Å². The van der Waals surface area contributed by atoms with Crippen LogP contribution in [0, 0.1) is 0 Å². The highest BCUT2D eigenvalue weighted by Crippen LogP contribution is 2.35. The van der Waals surface area contributed by atoms with Gasteiger partial charge in [0, 0.05) is 22.8 Å². The molecule has 0 aliphatic carbocycles. The Morgan fingerprint density at radius 3 is 2.45 bits per heavy atom. The van der Waals surface area contributed by atoms with E-state index < -0.39 is 30.3 Å². The Hall–Kier alpha value is -4.44. The van der Waals surface area contributed by atoms with E-state index in [1.807, 2.05) is 0 Å². The second-order valence-electron chi connectivity index (χ2n) is 7.19. The molecule has 1 aromatic heterocycles. The molecule has 0 aliphatic heterocycles. The van der Waals surface area contributed by atoms with Gasteiger partial charge in [0.2, 0.25) is 0 Å². The third-order valence-electron chi connectivity index (χ3n) is 4.84. The van der Waals surface area contributed by atoms with Crippen molar-refractivity contribution in [2.75, 3.05) is 11.1 Å². The molecule has 0 spiro atoms. The van der Waals surface area contributed by atoms with Crippen LogP contribution in [0.25, 0.3) is 22.4 Å². The van der Waals surface area contributed by atoms with Gasteiger partial charge >= 0.3 is 0 Å². The standard InChI is InChI=1S/C23H22N4O6/c24-21-20(22(25)32)15(11-16(27-21)14-6-1-2-7-17(14)28)12-4-3-5-13(10-12)26-23(33)18(29)8-9-19(30)31/h1-7,10-11,18,28-29H,8-9H2,(H2,24,27)(H2,25,32)(H,26,33)(H,30,31)/p-1. The van der Waals surface area contributed by atoms with Crippen molar-refractivity contribution in [2.45, 2.75) is 18.9 Å². The van der Waals surface area contributed by atoms with E-state index in [1.165, 1.54) is 12.1 Å². The summed E-state index contributed by atoms with van der Waals surface area (Å²) in [6, 6.07) is 14.3. The minimum Gasteiger partial charge on any atom is -0.550 e. The van der Waals surface area contributed by atoms with Crippen molar-refractivity contribution in [2.24, 2.45) is 5.73 Å². The first-order valence-corrected chi connectivity index (χ1v) is 9.85. The van der Waals surface area contributed by atoms with Crippen molar-refractivity contribution < 1.29 is 29.7 Å². The fourth-order valence-corrected chi connectivity index (χ4v) is 3.26. The third-order valence-corrected chi connectivity index (χ3v) is 4.84. The number of carbonyl (C=O) groups excluding carboxylic acids is 3. The lowest BCUT2D eigenvalue weighted by molar-refractivity contribution is -0.306. The van der Waals surface area contributed by atoms with Gasteiger partial charge in [-0.25, -0.2) is 4.98 Å². The Morgan fingerprint density at radius 1 is 1.06 bits per heavy atom. The van der Waals surface area contributed by atoms with Crippen LogP contribution in [0.4, 0.5) is 11.5 Å². The molecule has 2 aromatic carbocycles. The van der Waals surface area contributed by atoms with Crippen LogP contribution in [-0.2, 0) is 9.59 Å². The molecule has 1 atom stereocenters. The third kappa shape index (κ3) is 5.43. The predicted molar refractivity (Wildman–Crippen MR) is 119 cm³/mol. The van der Waals surface area contributed by atoms with Crippen molar-refractivity contribution in [1.29, 1.82) is 0 Å². The van der Waals surface area contributed by atoms with Crippen molar-refractivity contribution in [3.8, 4) is 28.1 Å². The average molecular weight is 449 g/mol. The van der Waals surface area contributed by atoms with Crippen LogP contribution in [0.5, 0.6) is 5.75 Å². The number of benzene rings is 2. The van der Waals surface area contributed by atoms with E-state index in [9.17, 15) is 29.7 Å². The van der Waals surface area contributed by atoms with Gasteiger partial charge in [0.1, 0.15) is 17.7 Å². The van der Waals surface area contributed by atoms with Gasteiger partial charge in [-0.2, -0.15) is 0 Å². The number of anilines is 2.